The van der Waals surface area contributed by atoms with Gasteiger partial charge in [-0.25, -0.2) is 0 Å². The standard InChI is InChI=1S/C23H22N2O2/c26-24-21(17-9-3-1-4-10-17)15-19-16-23(18-11-5-2-6-12-18)25(27)22-14-8-7-13-20(19)22/h1-6,9-12,16,26H,7-8,13-15H2/b24-21-. The molecule has 3 aromatic rings. The Morgan fingerprint density at radius 1 is 0.963 bits per heavy atom. The predicted octanol–water partition coefficient (Wildman–Crippen LogP) is 4.29. The van der Waals surface area contributed by atoms with E-state index in [1.165, 1.54) is 0 Å². The number of pyridine rings is 1. The van der Waals surface area contributed by atoms with E-state index in [1.54, 1.807) is 0 Å². The van der Waals surface area contributed by atoms with E-state index in [0.717, 1.165) is 58.4 Å². The summed E-state index contributed by atoms with van der Waals surface area (Å²) in [4.78, 5) is 0. The molecule has 4 nitrogen and oxygen atoms in total. The highest BCUT2D eigenvalue weighted by molar-refractivity contribution is 6.01. The van der Waals surface area contributed by atoms with Crippen molar-refractivity contribution in [3.05, 3.63) is 94.3 Å². The highest BCUT2D eigenvalue weighted by Crippen LogP contribution is 2.27. The number of nitrogens with zero attached hydrogens (tertiary/aromatic N) is 2. The van der Waals surface area contributed by atoms with Gasteiger partial charge in [0.05, 0.1) is 5.71 Å². The lowest BCUT2D eigenvalue weighted by Crippen LogP contribution is -2.38. The molecular formula is C23H22N2O2. The maximum Gasteiger partial charge on any atom is 0.224 e. The molecule has 1 aliphatic rings. The minimum Gasteiger partial charge on any atom is -0.618 e. The summed E-state index contributed by atoms with van der Waals surface area (Å²) in [5, 5.41) is 26.2. The largest absolute Gasteiger partial charge is 0.618 e. The Bertz CT molecular complexity index is 967. The lowest BCUT2D eigenvalue weighted by atomic mass is 9.88. The van der Waals surface area contributed by atoms with Crippen LogP contribution in [0, 0.1) is 5.21 Å². The van der Waals surface area contributed by atoms with Crippen LogP contribution >= 0.6 is 0 Å². The first-order chi connectivity index (χ1) is 13.3. The summed E-state index contributed by atoms with van der Waals surface area (Å²) in [6.07, 6.45) is 4.32. The molecule has 0 unspecified atom stereocenters. The summed E-state index contributed by atoms with van der Waals surface area (Å²) in [7, 11) is 0. The lowest BCUT2D eigenvalue weighted by Gasteiger charge is -2.21. The summed E-state index contributed by atoms with van der Waals surface area (Å²) in [5.41, 5.74) is 6.14. The molecule has 27 heavy (non-hydrogen) atoms. The van der Waals surface area contributed by atoms with Gasteiger partial charge in [-0.1, -0.05) is 53.7 Å². The van der Waals surface area contributed by atoms with Crippen LogP contribution in [0.1, 0.15) is 35.2 Å². The van der Waals surface area contributed by atoms with Crippen LogP contribution in [0.25, 0.3) is 11.3 Å². The zero-order chi connectivity index (χ0) is 18.6. The molecule has 0 aliphatic heterocycles. The minimum atomic E-state index is 0.503. The molecule has 0 atom stereocenters. The fraction of sp³-hybridized carbons (Fsp3) is 0.217. The molecule has 1 aromatic heterocycles. The van der Waals surface area contributed by atoms with Gasteiger partial charge in [0, 0.05) is 30.0 Å². The van der Waals surface area contributed by atoms with Crippen molar-refractivity contribution < 1.29 is 9.94 Å². The third-order valence-corrected chi connectivity index (χ3v) is 5.26. The van der Waals surface area contributed by atoms with Crippen LogP contribution < -0.4 is 4.73 Å². The second-order valence-electron chi connectivity index (χ2n) is 6.94. The Hall–Kier alpha value is -3.14. The van der Waals surface area contributed by atoms with Gasteiger partial charge in [0.25, 0.3) is 0 Å². The van der Waals surface area contributed by atoms with Crippen molar-refractivity contribution in [3.63, 3.8) is 0 Å². The van der Waals surface area contributed by atoms with Gasteiger partial charge in [-0.3, -0.25) is 0 Å². The van der Waals surface area contributed by atoms with Crippen molar-refractivity contribution in [3.8, 4) is 11.3 Å². The number of benzene rings is 2. The van der Waals surface area contributed by atoms with Crippen LogP contribution in [0.5, 0.6) is 0 Å². The van der Waals surface area contributed by atoms with Crippen molar-refractivity contribution in [1.82, 2.24) is 0 Å². The molecule has 0 amide bonds. The second kappa shape index (κ2) is 7.62. The number of oxime groups is 1. The van der Waals surface area contributed by atoms with E-state index >= 15 is 0 Å². The molecule has 0 bridgehead atoms. The second-order valence-corrected chi connectivity index (χ2v) is 6.94. The van der Waals surface area contributed by atoms with Crippen LogP contribution in [0.2, 0.25) is 0 Å². The van der Waals surface area contributed by atoms with Crippen LogP contribution in [0.4, 0.5) is 0 Å². The number of aromatic nitrogens is 1. The molecule has 1 aliphatic carbocycles. The first-order valence-corrected chi connectivity index (χ1v) is 9.37. The summed E-state index contributed by atoms with van der Waals surface area (Å²) in [6, 6.07) is 21.4. The molecule has 0 saturated heterocycles. The van der Waals surface area contributed by atoms with Crippen molar-refractivity contribution in [2.24, 2.45) is 5.16 Å². The van der Waals surface area contributed by atoms with Gasteiger partial charge in [-0.05, 0) is 42.5 Å². The minimum absolute atomic E-state index is 0.503. The van der Waals surface area contributed by atoms with Gasteiger partial charge in [0.15, 0.2) is 5.69 Å². The Labute approximate surface area is 159 Å². The number of rotatable bonds is 4. The molecule has 4 rings (SSSR count). The van der Waals surface area contributed by atoms with E-state index in [-0.39, 0.29) is 0 Å². The van der Waals surface area contributed by atoms with Gasteiger partial charge < -0.3 is 10.4 Å². The molecule has 0 spiro atoms. The van der Waals surface area contributed by atoms with Crippen molar-refractivity contribution in [2.45, 2.75) is 32.1 Å². The smallest absolute Gasteiger partial charge is 0.224 e. The Morgan fingerprint density at radius 2 is 1.63 bits per heavy atom. The van der Waals surface area contributed by atoms with Crippen LogP contribution in [0.3, 0.4) is 0 Å². The first-order valence-electron chi connectivity index (χ1n) is 9.37. The summed E-state index contributed by atoms with van der Waals surface area (Å²) >= 11 is 0. The molecular weight excluding hydrogens is 336 g/mol. The SMILES string of the molecule is [O-][n+]1c(-c2ccccc2)cc(C/C(=N/O)c2ccccc2)c2c1CCCC2. The van der Waals surface area contributed by atoms with Crippen molar-refractivity contribution in [1.29, 1.82) is 0 Å². The lowest BCUT2D eigenvalue weighted by molar-refractivity contribution is -0.603. The summed E-state index contributed by atoms with van der Waals surface area (Å²) in [6.45, 7) is 0. The van der Waals surface area contributed by atoms with Crippen molar-refractivity contribution in [2.75, 3.05) is 0 Å². The number of hydrogen-bond donors (Lipinski definition) is 1. The third-order valence-electron chi connectivity index (χ3n) is 5.26. The van der Waals surface area contributed by atoms with E-state index in [1.807, 2.05) is 66.7 Å². The van der Waals surface area contributed by atoms with E-state index < -0.39 is 0 Å². The monoisotopic (exact) mass is 358 g/mol. The Balaban J connectivity index is 1.82. The van der Waals surface area contributed by atoms with Gasteiger partial charge in [0.1, 0.15) is 0 Å². The fourth-order valence-electron chi connectivity index (χ4n) is 3.89. The zero-order valence-electron chi connectivity index (χ0n) is 15.1. The van der Waals surface area contributed by atoms with Crippen molar-refractivity contribution >= 4 is 5.71 Å². The zero-order valence-corrected chi connectivity index (χ0v) is 15.1. The molecule has 0 saturated carbocycles. The topological polar surface area (TPSA) is 59.5 Å². The summed E-state index contributed by atoms with van der Waals surface area (Å²) < 4.78 is 1.10. The van der Waals surface area contributed by atoms with Crippen LogP contribution in [-0.4, -0.2) is 10.9 Å². The normalized spacial score (nSPS) is 14.0. The van der Waals surface area contributed by atoms with Crippen LogP contribution in [0.15, 0.2) is 71.9 Å². The average molecular weight is 358 g/mol. The van der Waals surface area contributed by atoms with E-state index in [9.17, 15) is 10.4 Å². The molecule has 1 heterocycles. The number of fused-ring (bicyclic) bond motifs is 1. The predicted molar refractivity (Wildman–Crippen MR) is 106 cm³/mol. The Morgan fingerprint density at radius 3 is 2.33 bits per heavy atom. The molecule has 4 heteroatoms. The summed E-state index contributed by atoms with van der Waals surface area (Å²) in [5.74, 6) is 0. The fourth-order valence-corrected chi connectivity index (χ4v) is 3.89. The maximum absolute atomic E-state index is 13.0. The molecule has 136 valence electrons. The van der Waals surface area contributed by atoms with Gasteiger partial charge in [-0.2, -0.15) is 4.73 Å². The van der Waals surface area contributed by atoms with Crippen LogP contribution in [-0.2, 0) is 19.3 Å². The van der Waals surface area contributed by atoms with E-state index in [0.29, 0.717) is 17.8 Å². The van der Waals surface area contributed by atoms with Gasteiger partial charge >= 0.3 is 0 Å². The molecule has 1 N–H and O–H groups in total. The molecule has 0 radical (unpaired) electrons. The van der Waals surface area contributed by atoms with Gasteiger partial charge in [0.2, 0.25) is 5.69 Å². The highest BCUT2D eigenvalue weighted by atomic mass is 16.5. The highest BCUT2D eigenvalue weighted by Gasteiger charge is 2.26. The Kier molecular flexibility index (Phi) is 4.88. The van der Waals surface area contributed by atoms with Gasteiger partial charge in [-0.15, -0.1) is 0 Å². The third kappa shape index (κ3) is 3.43. The average Bonchev–Trinajstić information content (AvgIpc) is 2.75. The first kappa shape index (κ1) is 17.3. The number of hydrogen-bond acceptors (Lipinski definition) is 3. The maximum atomic E-state index is 13.0. The van der Waals surface area contributed by atoms with E-state index in [2.05, 4.69) is 5.16 Å². The molecule has 0 fully saturated rings. The van der Waals surface area contributed by atoms with E-state index in [4.69, 9.17) is 0 Å². The molecule has 2 aromatic carbocycles. The quantitative estimate of drug-likeness (QED) is 0.249.